The molecule has 0 spiro atoms. The molecule has 0 fully saturated rings. The minimum Gasteiger partial charge on any atom is -0.495 e. The molecule has 3 heterocycles. The Balaban J connectivity index is 1.61. The second-order valence-electron chi connectivity index (χ2n) is 8.16. The van der Waals surface area contributed by atoms with E-state index in [4.69, 9.17) is 10.5 Å². The summed E-state index contributed by atoms with van der Waals surface area (Å²) in [6.07, 6.45) is 12.1. The number of pyridine rings is 1. The van der Waals surface area contributed by atoms with Gasteiger partial charge in [-0.15, -0.1) is 0 Å². The van der Waals surface area contributed by atoms with E-state index < -0.39 is 5.54 Å². The lowest BCUT2D eigenvalue weighted by molar-refractivity contribution is 0.260. The summed E-state index contributed by atoms with van der Waals surface area (Å²) < 4.78 is 7.47. The zero-order valence-electron chi connectivity index (χ0n) is 18.9. The fourth-order valence-electron chi connectivity index (χ4n) is 3.94. The van der Waals surface area contributed by atoms with Crippen molar-refractivity contribution in [1.82, 2.24) is 29.8 Å². The summed E-state index contributed by atoms with van der Waals surface area (Å²) in [7, 11) is 7.71. The third-order valence-corrected chi connectivity index (χ3v) is 5.87. The summed E-state index contributed by atoms with van der Waals surface area (Å²) in [6.45, 7) is 0.899. The number of hydrogen-bond acceptors (Lipinski definition) is 8. The van der Waals surface area contributed by atoms with Crippen molar-refractivity contribution in [1.29, 1.82) is 0 Å². The maximum Gasteiger partial charge on any atom is 0.162 e. The van der Waals surface area contributed by atoms with Crippen LogP contribution in [0.1, 0.15) is 6.42 Å². The van der Waals surface area contributed by atoms with Crippen LogP contribution in [0.3, 0.4) is 0 Å². The number of likely N-dealkylation sites (N-methyl/N-ethyl adjacent to an activating group) is 1. The number of nitrogens with two attached hydrogens (primary N) is 1. The standard InChI is InChI=1S/C23H30N8O/c1-25-23(7-11-30(2)3)14-19(32-4)18(13-20(23)24)29-21-12-16(6-9-26-21)17-15-28-31-10-5-8-27-22(17)31/h5-6,8-10,12-15,20,25H,7,11,24H2,1-4H3,(H,26,29). The van der Waals surface area contributed by atoms with Crippen LogP contribution in [0.4, 0.5) is 5.82 Å². The average Bonchev–Trinajstić information content (AvgIpc) is 3.23. The van der Waals surface area contributed by atoms with Gasteiger partial charge in [0.15, 0.2) is 5.65 Å². The number of aromatic nitrogens is 4. The first kappa shape index (κ1) is 21.9. The Hall–Kier alpha value is -3.27. The number of nitrogens with zero attached hydrogens (tertiary/aromatic N) is 5. The number of ether oxygens (including phenoxy) is 1. The molecule has 1 aliphatic carbocycles. The van der Waals surface area contributed by atoms with Gasteiger partial charge in [0, 0.05) is 30.2 Å². The van der Waals surface area contributed by atoms with Gasteiger partial charge in [-0.05, 0) is 70.0 Å². The first-order valence-electron chi connectivity index (χ1n) is 10.6. The van der Waals surface area contributed by atoms with Crippen LogP contribution in [0.15, 0.2) is 66.6 Å². The predicted octanol–water partition coefficient (Wildman–Crippen LogP) is 1.87. The zero-order chi connectivity index (χ0) is 22.7. The normalized spacial score (nSPS) is 20.9. The van der Waals surface area contributed by atoms with Crippen molar-refractivity contribution in [3.63, 3.8) is 0 Å². The molecule has 0 amide bonds. The van der Waals surface area contributed by atoms with Crippen molar-refractivity contribution in [2.75, 3.05) is 40.1 Å². The molecule has 2 atom stereocenters. The molecule has 168 valence electrons. The fraction of sp³-hybridized carbons (Fsp3) is 0.348. The minimum atomic E-state index is -0.390. The van der Waals surface area contributed by atoms with Crippen LogP contribution in [0.25, 0.3) is 16.8 Å². The maximum atomic E-state index is 6.60. The Labute approximate surface area is 188 Å². The SMILES string of the molecule is CNC1(CCN(C)C)C=C(OC)C(Nc2cc(-c3cnn4cccnc34)ccn2)=CC1N. The van der Waals surface area contributed by atoms with Crippen LogP contribution in [0.2, 0.25) is 0 Å². The Morgan fingerprint density at radius 1 is 1.28 bits per heavy atom. The largest absolute Gasteiger partial charge is 0.495 e. The third-order valence-electron chi connectivity index (χ3n) is 5.87. The van der Waals surface area contributed by atoms with Gasteiger partial charge >= 0.3 is 0 Å². The van der Waals surface area contributed by atoms with Crippen LogP contribution in [0, 0.1) is 0 Å². The smallest absolute Gasteiger partial charge is 0.162 e. The van der Waals surface area contributed by atoms with E-state index in [1.807, 2.05) is 43.7 Å². The van der Waals surface area contributed by atoms with E-state index in [9.17, 15) is 0 Å². The van der Waals surface area contributed by atoms with Crippen LogP contribution in [-0.2, 0) is 4.74 Å². The summed E-state index contributed by atoms with van der Waals surface area (Å²) >= 11 is 0. The maximum absolute atomic E-state index is 6.60. The number of fused-ring (bicyclic) bond motifs is 1. The molecule has 4 rings (SSSR count). The van der Waals surface area contributed by atoms with Gasteiger partial charge in [0.1, 0.15) is 11.6 Å². The summed E-state index contributed by atoms with van der Waals surface area (Å²) in [5.41, 5.74) is 9.70. The molecular weight excluding hydrogens is 404 g/mol. The van der Waals surface area contributed by atoms with Crippen molar-refractivity contribution >= 4 is 11.5 Å². The number of nitrogens with one attached hydrogen (secondary N) is 2. The molecule has 0 aromatic carbocycles. The molecule has 1 aliphatic rings. The van der Waals surface area contributed by atoms with Gasteiger partial charge in [0.05, 0.1) is 24.5 Å². The van der Waals surface area contributed by atoms with E-state index in [2.05, 4.69) is 50.8 Å². The fourth-order valence-corrected chi connectivity index (χ4v) is 3.94. The van der Waals surface area contributed by atoms with E-state index in [0.717, 1.165) is 41.2 Å². The summed E-state index contributed by atoms with van der Waals surface area (Å²) in [4.78, 5) is 11.1. The van der Waals surface area contributed by atoms with E-state index in [0.29, 0.717) is 5.82 Å². The molecule has 0 bridgehead atoms. The molecule has 2 unspecified atom stereocenters. The van der Waals surface area contributed by atoms with Crippen LogP contribution < -0.4 is 16.4 Å². The van der Waals surface area contributed by atoms with Crippen LogP contribution >= 0.6 is 0 Å². The Morgan fingerprint density at radius 3 is 2.88 bits per heavy atom. The highest BCUT2D eigenvalue weighted by Crippen LogP contribution is 2.31. The van der Waals surface area contributed by atoms with Gasteiger partial charge in [0.25, 0.3) is 0 Å². The molecule has 9 nitrogen and oxygen atoms in total. The Morgan fingerprint density at radius 2 is 2.12 bits per heavy atom. The van der Waals surface area contributed by atoms with E-state index in [1.54, 1.807) is 24.0 Å². The van der Waals surface area contributed by atoms with Crippen molar-refractivity contribution in [2.45, 2.75) is 18.0 Å². The second-order valence-corrected chi connectivity index (χ2v) is 8.16. The number of methoxy groups -OCH3 is 1. The average molecular weight is 435 g/mol. The first-order chi connectivity index (χ1) is 15.5. The molecule has 3 aromatic rings. The Bertz CT molecular complexity index is 1150. The summed E-state index contributed by atoms with van der Waals surface area (Å²) in [5.74, 6) is 1.41. The quantitative estimate of drug-likeness (QED) is 0.493. The number of anilines is 1. The molecule has 0 saturated heterocycles. The topological polar surface area (TPSA) is 106 Å². The van der Waals surface area contributed by atoms with Crippen LogP contribution in [0.5, 0.6) is 0 Å². The molecule has 4 N–H and O–H groups in total. The molecule has 9 heteroatoms. The molecule has 0 aliphatic heterocycles. The lowest BCUT2D eigenvalue weighted by atomic mass is 9.82. The van der Waals surface area contributed by atoms with Gasteiger partial charge in [-0.3, -0.25) is 0 Å². The molecule has 3 aromatic heterocycles. The van der Waals surface area contributed by atoms with Gasteiger partial charge in [0.2, 0.25) is 0 Å². The van der Waals surface area contributed by atoms with Crippen molar-refractivity contribution in [3.05, 3.63) is 66.6 Å². The highest BCUT2D eigenvalue weighted by Gasteiger charge is 2.37. The lowest BCUT2D eigenvalue weighted by Gasteiger charge is -2.39. The Kier molecular flexibility index (Phi) is 6.22. The lowest BCUT2D eigenvalue weighted by Crippen LogP contribution is -2.57. The summed E-state index contributed by atoms with van der Waals surface area (Å²) in [6, 6.07) is 5.53. The predicted molar refractivity (Wildman–Crippen MR) is 126 cm³/mol. The zero-order valence-corrected chi connectivity index (χ0v) is 18.9. The van der Waals surface area contributed by atoms with Crippen molar-refractivity contribution in [2.24, 2.45) is 5.73 Å². The van der Waals surface area contributed by atoms with Gasteiger partial charge in [-0.1, -0.05) is 0 Å². The highest BCUT2D eigenvalue weighted by atomic mass is 16.5. The van der Waals surface area contributed by atoms with Gasteiger partial charge in [-0.2, -0.15) is 5.10 Å². The van der Waals surface area contributed by atoms with Crippen LogP contribution in [-0.4, -0.2) is 70.9 Å². The molecule has 0 saturated carbocycles. The molecule has 0 radical (unpaired) electrons. The third kappa shape index (κ3) is 4.22. The highest BCUT2D eigenvalue weighted by molar-refractivity contribution is 5.78. The number of hydrogen-bond donors (Lipinski definition) is 3. The van der Waals surface area contributed by atoms with E-state index in [1.165, 1.54) is 0 Å². The molecule has 32 heavy (non-hydrogen) atoms. The minimum absolute atomic E-state index is 0.235. The second kappa shape index (κ2) is 9.07. The van der Waals surface area contributed by atoms with E-state index >= 15 is 0 Å². The van der Waals surface area contributed by atoms with Gasteiger partial charge in [-0.25, -0.2) is 14.5 Å². The van der Waals surface area contributed by atoms with Gasteiger partial charge < -0.3 is 26.0 Å². The number of rotatable bonds is 8. The van der Waals surface area contributed by atoms with Crippen molar-refractivity contribution < 1.29 is 4.74 Å². The van der Waals surface area contributed by atoms with Crippen molar-refractivity contribution in [3.8, 4) is 11.1 Å². The molecular formula is C23H30N8O. The monoisotopic (exact) mass is 434 g/mol. The van der Waals surface area contributed by atoms with E-state index in [-0.39, 0.29) is 6.04 Å². The summed E-state index contributed by atoms with van der Waals surface area (Å²) in [5, 5.41) is 11.2. The first-order valence-corrected chi connectivity index (χ1v) is 10.6.